The minimum absolute atomic E-state index is 0.0495. The number of hydrogen-bond acceptors (Lipinski definition) is 3. The SMILES string of the molecule is NCc1cc2c(nc1Oc1ccc(F)cc1F)CCC2. The highest BCUT2D eigenvalue weighted by atomic mass is 19.1. The fourth-order valence-electron chi connectivity index (χ4n) is 2.40. The second kappa shape index (κ2) is 5.17. The first-order valence-electron chi connectivity index (χ1n) is 6.52. The fraction of sp³-hybridized carbons (Fsp3) is 0.267. The molecule has 0 radical (unpaired) electrons. The van der Waals surface area contributed by atoms with Crippen molar-refractivity contribution in [2.75, 3.05) is 0 Å². The Kier molecular flexibility index (Phi) is 3.36. The molecule has 5 heteroatoms. The van der Waals surface area contributed by atoms with E-state index >= 15 is 0 Å². The molecule has 0 saturated heterocycles. The van der Waals surface area contributed by atoms with Gasteiger partial charge in [0.25, 0.3) is 0 Å². The van der Waals surface area contributed by atoms with Gasteiger partial charge < -0.3 is 10.5 Å². The monoisotopic (exact) mass is 276 g/mol. The highest BCUT2D eigenvalue weighted by Gasteiger charge is 2.18. The second-order valence-corrected chi connectivity index (χ2v) is 4.79. The summed E-state index contributed by atoms with van der Waals surface area (Å²) in [7, 11) is 0. The lowest BCUT2D eigenvalue weighted by molar-refractivity contribution is 0.418. The molecule has 0 atom stereocenters. The van der Waals surface area contributed by atoms with Gasteiger partial charge in [0.15, 0.2) is 11.6 Å². The van der Waals surface area contributed by atoms with Gasteiger partial charge in [0, 0.05) is 23.9 Å². The molecule has 1 aromatic heterocycles. The summed E-state index contributed by atoms with van der Waals surface area (Å²) < 4.78 is 32.0. The van der Waals surface area contributed by atoms with Gasteiger partial charge in [-0.25, -0.2) is 13.8 Å². The standard InChI is InChI=1S/C15H14F2N2O/c16-11-4-5-14(12(17)7-11)20-15-10(8-18)6-9-2-1-3-13(9)19-15/h4-7H,1-3,8,18H2. The van der Waals surface area contributed by atoms with Crippen LogP contribution >= 0.6 is 0 Å². The summed E-state index contributed by atoms with van der Waals surface area (Å²) in [4.78, 5) is 4.42. The van der Waals surface area contributed by atoms with Crippen molar-refractivity contribution in [1.29, 1.82) is 0 Å². The van der Waals surface area contributed by atoms with Crippen molar-refractivity contribution in [3.8, 4) is 11.6 Å². The van der Waals surface area contributed by atoms with Gasteiger partial charge in [-0.05, 0) is 43.0 Å². The van der Waals surface area contributed by atoms with E-state index in [2.05, 4.69) is 4.98 Å². The maximum Gasteiger partial charge on any atom is 0.224 e. The number of aryl methyl sites for hydroxylation is 2. The van der Waals surface area contributed by atoms with Gasteiger partial charge in [0.1, 0.15) is 5.82 Å². The Morgan fingerprint density at radius 3 is 2.80 bits per heavy atom. The third-order valence-electron chi connectivity index (χ3n) is 3.41. The Morgan fingerprint density at radius 1 is 1.20 bits per heavy atom. The number of pyridine rings is 1. The number of ether oxygens (including phenoxy) is 1. The summed E-state index contributed by atoms with van der Waals surface area (Å²) in [5.74, 6) is -1.14. The Bertz CT molecular complexity index is 659. The van der Waals surface area contributed by atoms with E-state index in [1.54, 1.807) is 0 Å². The van der Waals surface area contributed by atoms with E-state index in [0.29, 0.717) is 5.88 Å². The first kappa shape index (κ1) is 13.0. The molecule has 2 aromatic rings. The summed E-state index contributed by atoms with van der Waals surface area (Å²) in [6.07, 6.45) is 2.93. The van der Waals surface area contributed by atoms with E-state index in [9.17, 15) is 8.78 Å². The van der Waals surface area contributed by atoms with E-state index in [-0.39, 0.29) is 12.3 Å². The lowest BCUT2D eigenvalue weighted by atomic mass is 10.1. The van der Waals surface area contributed by atoms with Gasteiger partial charge in [-0.15, -0.1) is 0 Å². The van der Waals surface area contributed by atoms with Crippen molar-refractivity contribution in [3.05, 3.63) is 52.7 Å². The van der Waals surface area contributed by atoms with Crippen LogP contribution in [0.25, 0.3) is 0 Å². The van der Waals surface area contributed by atoms with Crippen LogP contribution in [0.3, 0.4) is 0 Å². The molecule has 0 spiro atoms. The molecule has 1 aliphatic rings. The molecular formula is C15H14F2N2O. The van der Waals surface area contributed by atoms with E-state index < -0.39 is 11.6 Å². The van der Waals surface area contributed by atoms with Crippen LogP contribution < -0.4 is 10.5 Å². The quantitative estimate of drug-likeness (QED) is 0.937. The van der Waals surface area contributed by atoms with E-state index in [1.807, 2.05) is 6.07 Å². The van der Waals surface area contributed by atoms with Crippen LogP contribution in [-0.4, -0.2) is 4.98 Å². The summed E-state index contributed by atoms with van der Waals surface area (Å²) in [6.45, 7) is 0.262. The third kappa shape index (κ3) is 2.36. The molecule has 0 unspecified atom stereocenters. The van der Waals surface area contributed by atoms with Crippen molar-refractivity contribution in [2.45, 2.75) is 25.8 Å². The number of aromatic nitrogens is 1. The Balaban J connectivity index is 1.97. The molecule has 1 heterocycles. The number of rotatable bonds is 3. The maximum absolute atomic E-state index is 13.6. The van der Waals surface area contributed by atoms with E-state index in [1.165, 1.54) is 11.6 Å². The topological polar surface area (TPSA) is 48.1 Å². The molecule has 0 bridgehead atoms. The Morgan fingerprint density at radius 2 is 2.05 bits per heavy atom. The molecule has 0 saturated carbocycles. The Hall–Kier alpha value is -2.01. The fourth-order valence-corrected chi connectivity index (χ4v) is 2.40. The number of hydrogen-bond donors (Lipinski definition) is 1. The molecular weight excluding hydrogens is 262 g/mol. The molecule has 104 valence electrons. The maximum atomic E-state index is 13.6. The van der Waals surface area contributed by atoms with Crippen molar-refractivity contribution in [3.63, 3.8) is 0 Å². The van der Waals surface area contributed by atoms with Gasteiger partial charge >= 0.3 is 0 Å². The van der Waals surface area contributed by atoms with Crippen molar-refractivity contribution in [2.24, 2.45) is 5.73 Å². The minimum Gasteiger partial charge on any atom is -0.436 e. The molecule has 1 aromatic carbocycles. The summed E-state index contributed by atoms with van der Waals surface area (Å²) in [5.41, 5.74) is 8.57. The highest BCUT2D eigenvalue weighted by molar-refractivity contribution is 5.39. The van der Waals surface area contributed by atoms with Gasteiger partial charge in [-0.3, -0.25) is 0 Å². The average molecular weight is 276 g/mol. The van der Waals surface area contributed by atoms with E-state index in [4.69, 9.17) is 10.5 Å². The molecule has 3 rings (SSSR count). The Labute approximate surface area is 115 Å². The lowest BCUT2D eigenvalue weighted by Crippen LogP contribution is -2.04. The average Bonchev–Trinajstić information content (AvgIpc) is 2.88. The lowest BCUT2D eigenvalue weighted by Gasteiger charge is -2.12. The molecule has 2 N–H and O–H groups in total. The van der Waals surface area contributed by atoms with Crippen molar-refractivity contribution in [1.82, 2.24) is 4.98 Å². The number of halogens is 2. The second-order valence-electron chi connectivity index (χ2n) is 4.79. The molecule has 20 heavy (non-hydrogen) atoms. The molecule has 0 aliphatic heterocycles. The summed E-state index contributed by atoms with van der Waals surface area (Å²) >= 11 is 0. The smallest absolute Gasteiger partial charge is 0.224 e. The van der Waals surface area contributed by atoms with Crippen LogP contribution in [0.5, 0.6) is 11.6 Å². The highest BCUT2D eigenvalue weighted by Crippen LogP contribution is 2.30. The van der Waals surface area contributed by atoms with Crippen molar-refractivity contribution < 1.29 is 13.5 Å². The summed E-state index contributed by atoms with van der Waals surface area (Å²) in [6, 6.07) is 5.14. The first-order valence-corrected chi connectivity index (χ1v) is 6.52. The van der Waals surface area contributed by atoms with Crippen molar-refractivity contribution >= 4 is 0 Å². The van der Waals surface area contributed by atoms with Gasteiger partial charge in [0.2, 0.25) is 5.88 Å². The molecule has 3 nitrogen and oxygen atoms in total. The van der Waals surface area contributed by atoms with Crippen LogP contribution in [0.2, 0.25) is 0 Å². The van der Waals surface area contributed by atoms with Gasteiger partial charge in [-0.1, -0.05) is 0 Å². The van der Waals surface area contributed by atoms with Crippen LogP contribution in [0.1, 0.15) is 23.2 Å². The number of nitrogens with two attached hydrogens (primary N) is 1. The molecule has 0 fully saturated rings. The predicted octanol–water partition coefficient (Wildman–Crippen LogP) is 3.10. The van der Waals surface area contributed by atoms with Gasteiger partial charge in [-0.2, -0.15) is 0 Å². The third-order valence-corrected chi connectivity index (χ3v) is 3.41. The van der Waals surface area contributed by atoms with Crippen LogP contribution in [0.4, 0.5) is 8.78 Å². The zero-order chi connectivity index (χ0) is 14.1. The van der Waals surface area contributed by atoms with Crippen LogP contribution in [-0.2, 0) is 19.4 Å². The summed E-state index contributed by atoms with van der Waals surface area (Å²) in [5, 5.41) is 0. The van der Waals surface area contributed by atoms with E-state index in [0.717, 1.165) is 42.7 Å². The minimum atomic E-state index is -0.754. The zero-order valence-corrected chi connectivity index (χ0v) is 10.8. The van der Waals surface area contributed by atoms with Crippen LogP contribution in [0, 0.1) is 11.6 Å². The molecule has 0 amide bonds. The van der Waals surface area contributed by atoms with Gasteiger partial charge in [0.05, 0.1) is 0 Å². The zero-order valence-electron chi connectivity index (χ0n) is 10.8. The predicted molar refractivity (Wildman–Crippen MR) is 70.6 cm³/mol. The normalized spacial score (nSPS) is 13.3. The van der Waals surface area contributed by atoms with Crippen LogP contribution in [0.15, 0.2) is 24.3 Å². The number of fused-ring (bicyclic) bond motifs is 1. The number of nitrogens with zero attached hydrogens (tertiary/aromatic N) is 1. The number of benzene rings is 1. The molecule has 1 aliphatic carbocycles. The largest absolute Gasteiger partial charge is 0.436 e. The first-order chi connectivity index (χ1) is 9.67.